The molecule has 0 radical (unpaired) electrons. The number of anilines is 1. The number of pyridine rings is 1. The second kappa shape index (κ2) is 10.5. The van der Waals surface area contributed by atoms with Gasteiger partial charge in [0, 0.05) is 29.2 Å². The molecule has 0 atom stereocenters. The molecule has 0 saturated carbocycles. The van der Waals surface area contributed by atoms with E-state index in [0.29, 0.717) is 17.8 Å². The highest BCUT2D eigenvalue weighted by Gasteiger charge is 2.11. The smallest absolute Gasteiger partial charge is 0.251 e. The predicted octanol–water partition coefficient (Wildman–Crippen LogP) is 4.24. The number of nitrogens with zero attached hydrogens (tertiary/aromatic N) is 2. The van der Waals surface area contributed by atoms with Gasteiger partial charge in [0.25, 0.3) is 5.91 Å². The summed E-state index contributed by atoms with van der Waals surface area (Å²) in [5.41, 5.74) is 3.75. The van der Waals surface area contributed by atoms with Crippen molar-refractivity contribution < 1.29 is 9.59 Å². The first kappa shape index (κ1) is 21.4. The number of carbonyl (C=O) groups is 2. The average molecular weight is 443 g/mol. The average Bonchev–Trinajstić information content (AvgIpc) is 3.25. The van der Waals surface area contributed by atoms with Crippen LogP contribution in [0.15, 0.2) is 84.4 Å². The summed E-state index contributed by atoms with van der Waals surface area (Å²) >= 11 is 1.55. The monoisotopic (exact) mass is 442 g/mol. The van der Waals surface area contributed by atoms with Gasteiger partial charge in [0.2, 0.25) is 5.91 Å². The summed E-state index contributed by atoms with van der Waals surface area (Å²) in [6, 6.07) is 22.5. The predicted molar refractivity (Wildman–Crippen MR) is 126 cm³/mol. The molecule has 2 amide bonds. The minimum atomic E-state index is -0.225. The van der Waals surface area contributed by atoms with E-state index >= 15 is 0 Å². The fourth-order valence-corrected chi connectivity index (χ4v) is 3.99. The van der Waals surface area contributed by atoms with Crippen LogP contribution in [0.2, 0.25) is 0 Å². The molecule has 160 valence electrons. The maximum absolute atomic E-state index is 12.5. The molecule has 0 aliphatic carbocycles. The van der Waals surface area contributed by atoms with Crippen LogP contribution in [0.25, 0.3) is 0 Å². The highest BCUT2D eigenvalue weighted by Crippen LogP contribution is 2.16. The van der Waals surface area contributed by atoms with Crippen LogP contribution < -0.4 is 10.6 Å². The molecular formula is C25H22N4O2S. The molecule has 0 aliphatic heterocycles. The van der Waals surface area contributed by atoms with Gasteiger partial charge in [-0.3, -0.25) is 14.6 Å². The largest absolute Gasteiger partial charge is 0.346 e. The molecule has 6 nitrogen and oxygen atoms in total. The first-order valence-corrected chi connectivity index (χ1v) is 11.1. The number of rotatable bonds is 8. The summed E-state index contributed by atoms with van der Waals surface area (Å²) in [4.78, 5) is 33.7. The number of benzene rings is 2. The minimum absolute atomic E-state index is 0.174. The van der Waals surface area contributed by atoms with Crippen LogP contribution in [0.4, 0.5) is 5.69 Å². The van der Waals surface area contributed by atoms with E-state index in [1.54, 1.807) is 41.8 Å². The van der Waals surface area contributed by atoms with Gasteiger partial charge in [0.05, 0.1) is 29.4 Å². The van der Waals surface area contributed by atoms with E-state index in [-0.39, 0.29) is 18.2 Å². The van der Waals surface area contributed by atoms with Crippen LogP contribution in [0.3, 0.4) is 0 Å². The first-order valence-electron chi connectivity index (χ1n) is 10.2. The SMILES string of the molecule is O=C(Cc1csc(Cc2ccccc2)n1)Nc1cccc(C(=O)NCc2ccccn2)c1. The topological polar surface area (TPSA) is 84.0 Å². The summed E-state index contributed by atoms with van der Waals surface area (Å²) in [6.45, 7) is 0.339. The second-order valence-electron chi connectivity index (χ2n) is 7.20. The third-order valence-electron chi connectivity index (χ3n) is 4.70. The van der Waals surface area contributed by atoms with Crippen molar-refractivity contribution in [3.05, 3.63) is 112 Å². The van der Waals surface area contributed by atoms with Crippen molar-refractivity contribution >= 4 is 28.8 Å². The Morgan fingerprint density at radius 3 is 2.56 bits per heavy atom. The minimum Gasteiger partial charge on any atom is -0.346 e. The Balaban J connectivity index is 1.31. The third-order valence-corrected chi connectivity index (χ3v) is 5.60. The zero-order valence-corrected chi connectivity index (χ0v) is 18.1. The van der Waals surface area contributed by atoms with Crippen LogP contribution in [-0.4, -0.2) is 21.8 Å². The lowest BCUT2D eigenvalue weighted by Gasteiger charge is -2.08. The number of aromatic nitrogens is 2. The van der Waals surface area contributed by atoms with Crippen LogP contribution in [-0.2, 0) is 24.2 Å². The van der Waals surface area contributed by atoms with Gasteiger partial charge in [-0.25, -0.2) is 4.98 Å². The van der Waals surface area contributed by atoms with Gasteiger partial charge < -0.3 is 10.6 Å². The highest BCUT2D eigenvalue weighted by atomic mass is 32.1. The van der Waals surface area contributed by atoms with E-state index in [2.05, 4.69) is 32.7 Å². The summed E-state index contributed by atoms with van der Waals surface area (Å²) in [6.07, 6.45) is 2.62. The highest BCUT2D eigenvalue weighted by molar-refractivity contribution is 7.09. The maximum atomic E-state index is 12.5. The molecule has 2 heterocycles. The molecule has 4 rings (SSSR count). The number of hydrogen-bond donors (Lipinski definition) is 2. The number of amides is 2. The fourth-order valence-electron chi connectivity index (χ4n) is 3.17. The van der Waals surface area contributed by atoms with Gasteiger partial charge in [0.15, 0.2) is 0 Å². The molecule has 2 N–H and O–H groups in total. The molecule has 4 aromatic rings. The zero-order valence-electron chi connectivity index (χ0n) is 17.3. The van der Waals surface area contributed by atoms with Crippen LogP contribution in [0.1, 0.15) is 32.3 Å². The third kappa shape index (κ3) is 6.09. The van der Waals surface area contributed by atoms with E-state index in [1.807, 2.05) is 41.8 Å². The number of hydrogen-bond acceptors (Lipinski definition) is 5. The molecule has 0 spiro atoms. The van der Waals surface area contributed by atoms with Crippen molar-refractivity contribution in [3.8, 4) is 0 Å². The molecule has 0 unspecified atom stereocenters. The summed E-state index contributed by atoms with van der Waals surface area (Å²) in [5, 5.41) is 8.58. The molecular weight excluding hydrogens is 420 g/mol. The Morgan fingerprint density at radius 1 is 0.906 bits per heavy atom. The number of nitrogens with one attached hydrogen (secondary N) is 2. The van der Waals surface area contributed by atoms with Crippen molar-refractivity contribution in [3.63, 3.8) is 0 Å². The quantitative estimate of drug-likeness (QED) is 0.428. The molecule has 7 heteroatoms. The van der Waals surface area contributed by atoms with Crippen molar-refractivity contribution in [2.45, 2.75) is 19.4 Å². The van der Waals surface area contributed by atoms with E-state index in [9.17, 15) is 9.59 Å². The van der Waals surface area contributed by atoms with Crippen molar-refractivity contribution in [1.82, 2.24) is 15.3 Å². The maximum Gasteiger partial charge on any atom is 0.251 e. The Morgan fingerprint density at radius 2 is 1.75 bits per heavy atom. The molecule has 0 saturated heterocycles. The van der Waals surface area contributed by atoms with E-state index in [0.717, 1.165) is 22.8 Å². The Hall–Kier alpha value is -3.84. The van der Waals surface area contributed by atoms with Crippen molar-refractivity contribution in [2.75, 3.05) is 5.32 Å². The molecule has 2 aromatic heterocycles. The zero-order chi connectivity index (χ0) is 22.2. The Kier molecular flexibility index (Phi) is 6.99. The van der Waals surface area contributed by atoms with Gasteiger partial charge in [-0.05, 0) is 35.9 Å². The van der Waals surface area contributed by atoms with Gasteiger partial charge in [-0.1, -0.05) is 42.5 Å². The van der Waals surface area contributed by atoms with Crippen molar-refractivity contribution in [1.29, 1.82) is 0 Å². The first-order chi connectivity index (χ1) is 15.7. The summed E-state index contributed by atoms with van der Waals surface area (Å²) in [5.74, 6) is -0.399. The normalized spacial score (nSPS) is 10.5. The van der Waals surface area contributed by atoms with Crippen LogP contribution in [0.5, 0.6) is 0 Å². The lowest BCUT2D eigenvalue weighted by molar-refractivity contribution is -0.115. The Bertz CT molecular complexity index is 1190. The Labute approximate surface area is 190 Å². The lowest BCUT2D eigenvalue weighted by Crippen LogP contribution is -2.23. The van der Waals surface area contributed by atoms with Gasteiger partial charge in [-0.2, -0.15) is 0 Å². The molecule has 0 bridgehead atoms. The van der Waals surface area contributed by atoms with E-state index in [4.69, 9.17) is 0 Å². The molecule has 32 heavy (non-hydrogen) atoms. The molecule has 0 aliphatic rings. The van der Waals surface area contributed by atoms with Crippen LogP contribution >= 0.6 is 11.3 Å². The standard InChI is InChI=1S/C25H22N4O2S/c30-23(15-22-17-32-24(29-22)13-18-7-2-1-3-8-18)28-20-11-6-9-19(14-20)25(31)27-16-21-10-4-5-12-26-21/h1-12,14,17H,13,15-16H2,(H,27,31)(H,28,30). The van der Waals surface area contributed by atoms with Crippen LogP contribution in [0, 0.1) is 0 Å². The van der Waals surface area contributed by atoms with Gasteiger partial charge in [-0.15, -0.1) is 11.3 Å². The van der Waals surface area contributed by atoms with Gasteiger partial charge >= 0.3 is 0 Å². The fraction of sp³-hybridized carbons (Fsp3) is 0.120. The molecule has 0 fully saturated rings. The van der Waals surface area contributed by atoms with Crippen molar-refractivity contribution in [2.24, 2.45) is 0 Å². The lowest BCUT2D eigenvalue weighted by atomic mass is 10.1. The number of thiazole rings is 1. The number of carbonyl (C=O) groups excluding carboxylic acids is 2. The second-order valence-corrected chi connectivity index (χ2v) is 8.15. The van der Waals surface area contributed by atoms with E-state index in [1.165, 1.54) is 5.56 Å². The summed E-state index contributed by atoms with van der Waals surface area (Å²) in [7, 11) is 0. The van der Waals surface area contributed by atoms with Gasteiger partial charge in [0.1, 0.15) is 0 Å². The summed E-state index contributed by atoms with van der Waals surface area (Å²) < 4.78 is 0. The van der Waals surface area contributed by atoms with E-state index < -0.39 is 0 Å². The molecule has 2 aromatic carbocycles.